The van der Waals surface area contributed by atoms with Crippen LogP contribution in [0.25, 0.3) is 22.4 Å². The number of anilines is 1. The van der Waals surface area contributed by atoms with Crippen LogP contribution in [0.2, 0.25) is 0 Å². The molecule has 1 aromatic heterocycles. The molecule has 1 saturated heterocycles. The summed E-state index contributed by atoms with van der Waals surface area (Å²) in [5.74, 6) is 0.950. The van der Waals surface area contributed by atoms with Gasteiger partial charge in [0.1, 0.15) is 5.82 Å². The normalized spacial score (nSPS) is 15.0. The summed E-state index contributed by atoms with van der Waals surface area (Å²) in [7, 11) is 0. The maximum atomic E-state index is 4.75. The van der Waals surface area contributed by atoms with Crippen LogP contribution in [0.15, 0.2) is 46.9 Å². The number of rotatable bonds is 2. The molecule has 0 saturated carbocycles. The van der Waals surface area contributed by atoms with Crippen molar-refractivity contribution < 1.29 is 0 Å². The highest BCUT2D eigenvalue weighted by Crippen LogP contribution is 2.34. The van der Waals surface area contributed by atoms with E-state index >= 15 is 0 Å². The Morgan fingerprint density at radius 2 is 1.86 bits per heavy atom. The summed E-state index contributed by atoms with van der Waals surface area (Å²) < 4.78 is 1.12. The highest BCUT2D eigenvalue weighted by Gasteiger charge is 2.18. The Balaban J connectivity index is 1.86. The van der Waals surface area contributed by atoms with Crippen LogP contribution in [0.4, 0.5) is 5.69 Å². The molecule has 0 aliphatic carbocycles. The molecule has 0 atom stereocenters. The molecule has 4 rings (SSSR count). The lowest BCUT2D eigenvalue weighted by molar-refractivity contribution is 0.949. The Kier molecular flexibility index (Phi) is 3.19. The molecule has 4 heteroatoms. The molecule has 2 aromatic carbocycles. The molecule has 3 nitrogen and oxygen atoms in total. The van der Waals surface area contributed by atoms with Crippen LogP contribution < -0.4 is 4.90 Å². The average molecular weight is 342 g/mol. The van der Waals surface area contributed by atoms with Gasteiger partial charge in [0, 0.05) is 28.8 Å². The van der Waals surface area contributed by atoms with Crippen molar-refractivity contribution in [1.82, 2.24) is 9.97 Å². The van der Waals surface area contributed by atoms with Gasteiger partial charge in [0.15, 0.2) is 0 Å². The molecule has 21 heavy (non-hydrogen) atoms. The minimum absolute atomic E-state index is 0.950. The average Bonchev–Trinajstić information content (AvgIpc) is 3.16. The summed E-state index contributed by atoms with van der Waals surface area (Å²) in [5.41, 5.74) is 4.54. The first kappa shape index (κ1) is 12.9. The van der Waals surface area contributed by atoms with E-state index in [0.717, 1.165) is 34.4 Å². The molecular weight excluding hydrogens is 326 g/mol. The number of halogens is 1. The Labute approximate surface area is 132 Å². The molecule has 1 N–H and O–H groups in total. The maximum Gasteiger partial charge on any atom is 0.140 e. The van der Waals surface area contributed by atoms with Gasteiger partial charge < -0.3 is 9.88 Å². The van der Waals surface area contributed by atoms with E-state index < -0.39 is 0 Å². The van der Waals surface area contributed by atoms with Crippen LogP contribution in [0, 0.1) is 0 Å². The van der Waals surface area contributed by atoms with Crippen LogP contribution in [0.3, 0.4) is 0 Å². The highest BCUT2D eigenvalue weighted by molar-refractivity contribution is 9.10. The number of imidazole rings is 1. The molecule has 0 unspecified atom stereocenters. The number of aromatic amines is 1. The summed E-state index contributed by atoms with van der Waals surface area (Å²) in [4.78, 5) is 10.6. The Morgan fingerprint density at radius 3 is 2.67 bits per heavy atom. The van der Waals surface area contributed by atoms with Crippen LogP contribution in [0.5, 0.6) is 0 Å². The molecule has 0 radical (unpaired) electrons. The van der Waals surface area contributed by atoms with Gasteiger partial charge in [-0.25, -0.2) is 4.98 Å². The van der Waals surface area contributed by atoms with Crippen molar-refractivity contribution in [2.75, 3.05) is 18.0 Å². The summed E-state index contributed by atoms with van der Waals surface area (Å²) in [5, 5.41) is 0. The van der Waals surface area contributed by atoms with E-state index in [-0.39, 0.29) is 0 Å². The van der Waals surface area contributed by atoms with E-state index in [0.29, 0.717) is 0 Å². The van der Waals surface area contributed by atoms with Crippen molar-refractivity contribution in [3.63, 3.8) is 0 Å². The summed E-state index contributed by atoms with van der Waals surface area (Å²) >= 11 is 3.59. The Bertz CT molecular complexity index is 755. The van der Waals surface area contributed by atoms with Crippen molar-refractivity contribution in [1.29, 1.82) is 0 Å². The first-order valence-corrected chi connectivity index (χ1v) is 8.10. The van der Waals surface area contributed by atoms with Crippen molar-refractivity contribution in [3.05, 3.63) is 46.9 Å². The van der Waals surface area contributed by atoms with Gasteiger partial charge >= 0.3 is 0 Å². The maximum absolute atomic E-state index is 4.75. The molecule has 3 aromatic rings. The third kappa shape index (κ3) is 2.33. The predicted molar refractivity (Wildman–Crippen MR) is 90.7 cm³/mol. The zero-order valence-corrected chi connectivity index (χ0v) is 13.2. The Morgan fingerprint density at radius 1 is 1.05 bits per heavy atom. The largest absolute Gasteiger partial charge is 0.371 e. The first-order chi connectivity index (χ1) is 10.3. The van der Waals surface area contributed by atoms with Gasteiger partial charge in [-0.05, 0) is 43.2 Å². The molecule has 1 aliphatic heterocycles. The topological polar surface area (TPSA) is 31.9 Å². The molecule has 0 bridgehead atoms. The van der Waals surface area contributed by atoms with Crippen LogP contribution in [-0.4, -0.2) is 23.1 Å². The number of nitrogens with one attached hydrogen (secondary N) is 1. The molecule has 2 heterocycles. The fourth-order valence-corrected chi connectivity index (χ4v) is 3.35. The van der Waals surface area contributed by atoms with Crippen LogP contribution in [0.1, 0.15) is 12.8 Å². The molecule has 1 fully saturated rings. The van der Waals surface area contributed by atoms with Crippen molar-refractivity contribution >= 4 is 32.7 Å². The second kappa shape index (κ2) is 5.19. The molecule has 0 spiro atoms. The van der Waals surface area contributed by atoms with E-state index in [2.05, 4.69) is 50.1 Å². The standard InChI is InChI=1S/C17H16BrN3/c18-12-7-8-13(16(11-12)21-9-3-4-10-21)17-19-14-5-1-2-6-15(14)20-17/h1-2,5-8,11H,3-4,9-10H2,(H,19,20). The second-order valence-corrected chi connectivity index (χ2v) is 6.37. The van der Waals surface area contributed by atoms with Crippen molar-refractivity contribution in [3.8, 4) is 11.4 Å². The lowest BCUT2D eigenvalue weighted by Crippen LogP contribution is -2.18. The number of nitrogens with zero attached hydrogens (tertiary/aromatic N) is 2. The van der Waals surface area contributed by atoms with Gasteiger partial charge in [-0.15, -0.1) is 0 Å². The highest BCUT2D eigenvalue weighted by atomic mass is 79.9. The minimum Gasteiger partial charge on any atom is -0.371 e. The quantitative estimate of drug-likeness (QED) is 0.739. The first-order valence-electron chi connectivity index (χ1n) is 7.31. The zero-order chi connectivity index (χ0) is 14.2. The third-order valence-electron chi connectivity index (χ3n) is 4.05. The third-order valence-corrected chi connectivity index (χ3v) is 4.54. The van der Waals surface area contributed by atoms with Crippen molar-refractivity contribution in [2.24, 2.45) is 0 Å². The van der Waals surface area contributed by atoms with E-state index in [4.69, 9.17) is 4.98 Å². The number of H-pyrrole nitrogens is 1. The second-order valence-electron chi connectivity index (χ2n) is 5.46. The Hall–Kier alpha value is -1.81. The van der Waals surface area contributed by atoms with Gasteiger partial charge in [0.2, 0.25) is 0 Å². The lowest BCUT2D eigenvalue weighted by Gasteiger charge is -2.21. The van der Waals surface area contributed by atoms with Crippen molar-refractivity contribution in [2.45, 2.75) is 12.8 Å². The van der Waals surface area contributed by atoms with Gasteiger partial charge in [0.05, 0.1) is 11.0 Å². The number of benzene rings is 2. The van der Waals surface area contributed by atoms with Gasteiger partial charge in [0.25, 0.3) is 0 Å². The molecule has 1 aliphatic rings. The lowest BCUT2D eigenvalue weighted by atomic mass is 10.1. The fraction of sp³-hybridized carbons (Fsp3) is 0.235. The zero-order valence-electron chi connectivity index (χ0n) is 11.6. The SMILES string of the molecule is Brc1ccc(-c2nc3ccccc3[nH]2)c(N2CCCC2)c1. The van der Waals surface area contributed by atoms with Gasteiger partial charge in [-0.2, -0.15) is 0 Å². The minimum atomic E-state index is 0.950. The van der Waals surface area contributed by atoms with Gasteiger partial charge in [-0.3, -0.25) is 0 Å². The number of hydrogen-bond donors (Lipinski definition) is 1. The summed E-state index contributed by atoms with van der Waals surface area (Å²) in [6, 6.07) is 14.6. The molecule has 106 valence electrons. The predicted octanol–water partition coefficient (Wildman–Crippen LogP) is 4.59. The number of fused-ring (bicyclic) bond motifs is 1. The summed E-state index contributed by atoms with van der Waals surface area (Å²) in [6.07, 6.45) is 2.54. The van der Waals surface area contributed by atoms with E-state index in [1.165, 1.54) is 24.1 Å². The van der Waals surface area contributed by atoms with E-state index in [9.17, 15) is 0 Å². The molecule has 0 amide bonds. The van der Waals surface area contributed by atoms with Crippen LogP contribution >= 0.6 is 15.9 Å². The monoisotopic (exact) mass is 341 g/mol. The molecular formula is C17H16BrN3. The fourth-order valence-electron chi connectivity index (χ4n) is 3.01. The van der Waals surface area contributed by atoms with Crippen LogP contribution in [-0.2, 0) is 0 Å². The number of aromatic nitrogens is 2. The van der Waals surface area contributed by atoms with E-state index in [1.807, 2.05) is 18.2 Å². The van der Waals surface area contributed by atoms with E-state index in [1.54, 1.807) is 0 Å². The number of para-hydroxylation sites is 2. The summed E-state index contributed by atoms with van der Waals surface area (Å²) in [6.45, 7) is 2.26. The van der Waals surface area contributed by atoms with Gasteiger partial charge in [-0.1, -0.05) is 28.1 Å². The smallest absolute Gasteiger partial charge is 0.140 e. The number of hydrogen-bond acceptors (Lipinski definition) is 2.